The third-order valence-corrected chi connectivity index (χ3v) is 4.55. The zero-order valence-electron chi connectivity index (χ0n) is 10.5. The number of rotatable bonds is 7. The van der Waals surface area contributed by atoms with Crippen molar-refractivity contribution in [3.63, 3.8) is 0 Å². The number of nitrogens with zero attached hydrogens (tertiary/aromatic N) is 1. The summed E-state index contributed by atoms with van der Waals surface area (Å²) in [5.74, 6) is 0.118. The lowest BCUT2D eigenvalue weighted by molar-refractivity contribution is -0.136. The van der Waals surface area contributed by atoms with Gasteiger partial charge in [0, 0.05) is 10.6 Å². The Kier molecular flexibility index (Phi) is 5.98. The molecule has 1 N–H and O–H groups in total. The van der Waals surface area contributed by atoms with Gasteiger partial charge in [0.25, 0.3) is 0 Å². The van der Waals surface area contributed by atoms with Crippen LogP contribution in [0.3, 0.4) is 0 Å². The van der Waals surface area contributed by atoms with Crippen LogP contribution in [0.5, 0.6) is 0 Å². The van der Waals surface area contributed by atoms with Crippen LogP contribution in [0.25, 0.3) is 0 Å². The van der Waals surface area contributed by atoms with Crippen molar-refractivity contribution in [3.8, 4) is 0 Å². The summed E-state index contributed by atoms with van der Waals surface area (Å²) in [6.07, 6.45) is 2.00. The predicted octanol–water partition coefficient (Wildman–Crippen LogP) is 3.36. The fourth-order valence-corrected chi connectivity index (χ4v) is 3.33. The molecule has 0 aliphatic carbocycles. The number of hydrogen-bond acceptors (Lipinski definition) is 4. The standard InChI is InChI=1S/C12H19NO2S2/c1-4-5-9-10(6-12(14)15)17-11(13-9)7-16-8(2)3/h8H,4-7H2,1-3H3,(H,14,15). The average molecular weight is 273 g/mol. The van der Waals surface area contributed by atoms with Gasteiger partial charge >= 0.3 is 5.97 Å². The number of thioether (sulfide) groups is 1. The highest BCUT2D eigenvalue weighted by atomic mass is 32.2. The van der Waals surface area contributed by atoms with E-state index in [2.05, 4.69) is 25.8 Å². The first-order valence-corrected chi connectivity index (χ1v) is 7.70. The molecule has 0 fully saturated rings. The zero-order chi connectivity index (χ0) is 12.8. The van der Waals surface area contributed by atoms with Crippen LogP contribution in [0.1, 0.15) is 42.8 Å². The molecule has 0 unspecified atom stereocenters. The molecule has 3 nitrogen and oxygen atoms in total. The number of aliphatic carboxylic acids is 1. The lowest BCUT2D eigenvalue weighted by atomic mass is 10.2. The minimum Gasteiger partial charge on any atom is -0.481 e. The Morgan fingerprint density at radius 1 is 1.53 bits per heavy atom. The van der Waals surface area contributed by atoms with Gasteiger partial charge in [0.05, 0.1) is 12.1 Å². The normalized spacial score (nSPS) is 11.1. The first-order chi connectivity index (χ1) is 8.02. The van der Waals surface area contributed by atoms with Crippen molar-refractivity contribution in [2.45, 2.75) is 51.0 Å². The summed E-state index contributed by atoms with van der Waals surface area (Å²) >= 11 is 3.40. The summed E-state index contributed by atoms with van der Waals surface area (Å²) in [5, 5.41) is 10.5. The van der Waals surface area contributed by atoms with Crippen LogP contribution in [0.4, 0.5) is 0 Å². The fourth-order valence-electron chi connectivity index (χ4n) is 1.44. The molecule has 0 saturated carbocycles. The quantitative estimate of drug-likeness (QED) is 0.827. The lowest BCUT2D eigenvalue weighted by Gasteiger charge is -2.00. The highest BCUT2D eigenvalue weighted by Crippen LogP contribution is 2.25. The average Bonchev–Trinajstić information content (AvgIpc) is 2.58. The number of aryl methyl sites for hydroxylation is 1. The summed E-state index contributed by atoms with van der Waals surface area (Å²) in [6.45, 7) is 6.40. The fraction of sp³-hybridized carbons (Fsp3) is 0.667. The monoisotopic (exact) mass is 273 g/mol. The number of carbonyl (C=O) groups is 1. The molecule has 0 radical (unpaired) electrons. The number of hydrogen-bond donors (Lipinski definition) is 1. The Balaban J connectivity index is 2.75. The molecule has 0 aromatic carbocycles. The second kappa shape index (κ2) is 7.01. The summed E-state index contributed by atoms with van der Waals surface area (Å²) in [5.41, 5.74) is 0.985. The second-order valence-electron chi connectivity index (χ2n) is 4.16. The Bertz CT molecular complexity index is 375. The van der Waals surface area contributed by atoms with Crippen molar-refractivity contribution in [2.24, 2.45) is 0 Å². The molecule has 1 aromatic heterocycles. The van der Waals surface area contributed by atoms with E-state index in [1.165, 1.54) is 0 Å². The van der Waals surface area contributed by atoms with Gasteiger partial charge in [-0.25, -0.2) is 4.98 Å². The molecule has 5 heteroatoms. The molecule has 0 aliphatic rings. The van der Waals surface area contributed by atoms with Gasteiger partial charge in [0.15, 0.2) is 0 Å². The van der Waals surface area contributed by atoms with Gasteiger partial charge in [-0.15, -0.1) is 11.3 Å². The lowest BCUT2D eigenvalue weighted by Crippen LogP contribution is -2.01. The highest BCUT2D eigenvalue weighted by Gasteiger charge is 2.13. The minimum atomic E-state index is -0.769. The third-order valence-electron chi connectivity index (χ3n) is 2.16. The van der Waals surface area contributed by atoms with Gasteiger partial charge in [-0.1, -0.05) is 27.2 Å². The van der Waals surface area contributed by atoms with E-state index in [4.69, 9.17) is 5.11 Å². The van der Waals surface area contributed by atoms with Gasteiger partial charge in [-0.3, -0.25) is 4.79 Å². The summed E-state index contributed by atoms with van der Waals surface area (Å²) in [7, 11) is 0. The van der Waals surface area contributed by atoms with E-state index in [1.807, 2.05) is 11.8 Å². The Morgan fingerprint density at radius 3 is 2.76 bits per heavy atom. The van der Waals surface area contributed by atoms with Gasteiger partial charge in [-0.05, 0) is 11.7 Å². The van der Waals surface area contributed by atoms with Crippen molar-refractivity contribution >= 4 is 29.1 Å². The Labute approximate surface area is 111 Å². The topological polar surface area (TPSA) is 50.2 Å². The van der Waals surface area contributed by atoms with Crippen LogP contribution in [0.15, 0.2) is 0 Å². The summed E-state index contributed by atoms with van der Waals surface area (Å²) < 4.78 is 0. The maximum Gasteiger partial charge on any atom is 0.308 e. The molecule has 1 rings (SSSR count). The molecule has 17 heavy (non-hydrogen) atoms. The van der Waals surface area contributed by atoms with Crippen molar-refractivity contribution in [1.82, 2.24) is 4.98 Å². The molecule has 1 aromatic rings. The van der Waals surface area contributed by atoms with Crippen LogP contribution in [-0.4, -0.2) is 21.3 Å². The molecule has 0 amide bonds. The van der Waals surface area contributed by atoms with E-state index in [1.54, 1.807) is 11.3 Å². The highest BCUT2D eigenvalue weighted by molar-refractivity contribution is 7.99. The number of aromatic nitrogens is 1. The molecular weight excluding hydrogens is 254 g/mol. The molecule has 96 valence electrons. The van der Waals surface area contributed by atoms with Crippen molar-refractivity contribution in [1.29, 1.82) is 0 Å². The smallest absolute Gasteiger partial charge is 0.308 e. The molecule has 0 aliphatic heterocycles. The van der Waals surface area contributed by atoms with E-state index in [-0.39, 0.29) is 6.42 Å². The third kappa shape index (κ3) is 5.08. The molecule has 0 atom stereocenters. The maximum atomic E-state index is 10.8. The summed E-state index contributed by atoms with van der Waals surface area (Å²) in [4.78, 5) is 16.3. The predicted molar refractivity (Wildman–Crippen MR) is 73.9 cm³/mol. The number of thiazole rings is 1. The van der Waals surface area contributed by atoms with Gasteiger partial charge < -0.3 is 5.11 Å². The van der Waals surface area contributed by atoms with Crippen LogP contribution < -0.4 is 0 Å². The van der Waals surface area contributed by atoms with Gasteiger partial charge in [0.1, 0.15) is 5.01 Å². The number of carboxylic acids is 1. The van der Waals surface area contributed by atoms with Gasteiger partial charge in [-0.2, -0.15) is 11.8 Å². The van der Waals surface area contributed by atoms with Crippen molar-refractivity contribution in [3.05, 3.63) is 15.6 Å². The molecule has 0 spiro atoms. The molecule has 0 saturated heterocycles. The minimum absolute atomic E-state index is 0.110. The largest absolute Gasteiger partial charge is 0.481 e. The maximum absolute atomic E-state index is 10.8. The van der Waals surface area contributed by atoms with E-state index < -0.39 is 5.97 Å². The van der Waals surface area contributed by atoms with Crippen molar-refractivity contribution in [2.75, 3.05) is 0 Å². The SMILES string of the molecule is CCCc1nc(CSC(C)C)sc1CC(=O)O. The van der Waals surface area contributed by atoms with Crippen LogP contribution >= 0.6 is 23.1 Å². The van der Waals surface area contributed by atoms with E-state index in [0.29, 0.717) is 5.25 Å². The zero-order valence-corrected chi connectivity index (χ0v) is 12.2. The Morgan fingerprint density at radius 2 is 2.24 bits per heavy atom. The number of carboxylic acid groups (broad SMARTS) is 1. The van der Waals surface area contributed by atoms with E-state index in [0.717, 1.165) is 34.2 Å². The van der Waals surface area contributed by atoms with Crippen LogP contribution in [-0.2, 0) is 23.4 Å². The Hall–Kier alpha value is -0.550. The second-order valence-corrected chi connectivity index (χ2v) is 6.89. The first kappa shape index (κ1) is 14.5. The molecule has 0 bridgehead atoms. The van der Waals surface area contributed by atoms with E-state index >= 15 is 0 Å². The van der Waals surface area contributed by atoms with Crippen LogP contribution in [0, 0.1) is 0 Å². The molecule has 1 heterocycles. The molecular formula is C12H19NO2S2. The van der Waals surface area contributed by atoms with Crippen LogP contribution in [0.2, 0.25) is 0 Å². The summed E-state index contributed by atoms with van der Waals surface area (Å²) in [6, 6.07) is 0. The van der Waals surface area contributed by atoms with Crippen molar-refractivity contribution < 1.29 is 9.90 Å². The van der Waals surface area contributed by atoms with Gasteiger partial charge in [0.2, 0.25) is 0 Å². The van der Waals surface area contributed by atoms with E-state index in [9.17, 15) is 4.79 Å². The first-order valence-electron chi connectivity index (χ1n) is 5.83.